The van der Waals surface area contributed by atoms with Gasteiger partial charge in [0.2, 0.25) is 0 Å². The number of fused-ring (bicyclic) bond motifs is 1. The Bertz CT molecular complexity index is 1030. The van der Waals surface area contributed by atoms with Crippen molar-refractivity contribution in [3.63, 3.8) is 0 Å². The van der Waals surface area contributed by atoms with Crippen molar-refractivity contribution in [2.24, 2.45) is 0 Å². The molecule has 0 radical (unpaired) electrons. The molecule has 19 heavy (non-hydrogen) atoms. The van der Waals surface area contributed by atoms with E-state index in [0.717, 1.165) is 6.20 Å². The molecule has 0 aliphatic carbocycles. The molecule has 0 bridgehead atoms. The highest BCUT2D eigenvalue weighted by Gasteiger charge is 2.03. The summed E-state index contributed by atoms with van der Waals surface area (Å²) in [4.78, 5) is 8.27. The number of nitrogens with zero attached hydrogens (tertiary/aromatic N) is 2. The summed E-state index contributed by atoms with van der Waals surface area (Å²) in [6, 6.07) is 9.26. The molecule has 0 spiro atoms. The van der Waals surface area contributed by atoms with Gasteiger partial charge in [-0.05, 0) is 55.9 Å². The number of aryl methyl sites for hydroxylation is 3. The molecule has 2 heterocycles. The van der Waals surface area contributed by atoms with Crippen molar-refractivity contribution in [1.29, 1.82) is 0 Å². The lowest BCUT2D eigenvalue weighted by atomic mass is 10.0. The first-order chi connectivity index (χ1) is 12.8. The molecule has 0 unspecified atom stereocenters. The Labute approximate surface area is 125 Å². The second-order valence-corrected chi connectivity index (χ2v) is 4.22. The quantitative estimate of drug-likeness (QED) is 0.652. The molecule has 3 aromatic rings. The summed E-state index contributed by atoms with van der Waals surface area (Å²) >= 11 is 0. The summed E-state index contributed by atoms with van der Waals surface area (Å²) in [5, 5.41) is 0.655. The van der Waals surface area contributed by atoms with Crippen molar-refractivity contribution < 1.29 is 12.3 Å². The number of hydrogen-bond donors (Lipinski definition) is 0. The predicted octanol–water partition coefficient (Wildman–Crippen LogP) is 4.22. The SMILES string of the molecule is [2H]C([2H])([2H])c1ccc2cc(-c3cc(C([2H])([2H])[2H])c(C([2H])([2H])[2H])cn3)ccc2n1. The third kappa shape index (κ3) is 2.22. The van der Waals surface area contributed by atoms with E-state index in [1.54, 1.807) is 24.3 Å². The Hall–Kier alpha value is -2.22. The topological polar surface area (TPSA) is 25.8 Å². The Morgan fingerprint density at radius 2 is 1.89 bits per heavy atom. The van der Waals surface area contributed by atoms with Crippen molar-refractivity contribution in [1.82, 2.24) is 9.97 Å². The summed E-state index contributed by atoms with van der Waals surface area (Å²) < 4.78 is 67.9. The van der Waals surface area contributed by atoms with Gasteiger partial charge >= 0.3 is 0 Å². The summed E-state index contributed by atoms with van der Waals surface area (Å²) in [7, 11) is 0. The number of rotatable bonds is 1. The third-order valence-electron chi connectivity index (χ3n) is 2.89. The van der Waals surface area contributed by atoms with E-state index in [2.05, 4.69) is 9.97 Å². The molecular formula is C17H16N2. The molecule has 94 valence electrons. The Kier molecular flexibility index (Phi) is 1.27. The van der Waals surface area contributed by atoms with Crippen LogP contribution in [-0.4, -0.2) is 9.97 Å². The molecule has 1 aromatic carbocycles. The summed E-state index contributed by atoms with van der Waals surface area (Å²) in [5.41, 5.74) is 0.763. The molecule has 0 saturated heterocycles. The van der Waals surface area contributed by atoms with Gasteiger partial charge in [-0.3, -0.25) is 9.97 Å². The van der Waals surface area contributed by atoms with Gasteiger partial charge in [0, 0.05) is 35.2 Å². The zero-order valence-corrected chi connectivity index (χ0v) is 9.94. The summed E-state index contributed by atoms with van der Waals surface area (Å²) in [6.45, 7) is -7.50. The van der Waals surface area contributed by atoms with Crippen LogP contribution in [0.4, 0.5) is 0 Å². The van der Waals surface area contributed by atoms with Crippen LogP contribution in [0.2, 0.25) is 0 Å². The lowest BCUT2D eigenvalue weighted by Crippen LogP contribution is -1.89. The molecule has 2 nitrogen and oxygen atoms in total. The molecule has 0 atom stereocenters. The molecule has 0 aliphatic rings. The Morgan fingerprint density at radius 1 is 0.947 bits per heavy atom. The Balaban J connectivity index is 2.12. The largest absolute Gasteiger partial charge is 0.256 e. The standard InChI is InChI=1S/C17H16N2/c1-11-8-17(18-10-12(11)2)15-6-7-16-14(9-15)5-4-13(3)19-16/h4-10H,1-3H3/i1D3,2D3,3D3. The van der Waals surface area contributed by atoms with E-state index in [4.69, 9.17) is 12.3 Å². The van der Waals surface area contributed by atoms with E-state index >= 15 is 0 Å². The van der Waals surface area contributed by atoms with Crippen LogP contribution in [0.15, 0.2) is 42.6 Å². The van der Waals surface area contributed by atoms with Gasteiger partial charge in [0.25, 0.3) is 0 Å². The number of hydrogen-bond acceptors (Lipinski definition) is 2. The fourth-order valence-electron chi connectivity index (χ4n) is 1.90. The molecule has 0 fully saturated rings. The van der Waals surface area contributed by atoms with Crippen LogP contribution in [0.1, 0.15) is 29.2 Å². The van der Waals surface area contributed by atoms with Gasteiger partial charge < -0.3 is 0 Å². The summed E-state index contributed by atoms with van der Waals surface area (Å²) in [5.74, 6) is 0. The maximum atomic E-state index is 7.66. The lowest BCUT2D eigenvalue weighted by Gasteiger charge is -2.06. The molecule has 0 saturated carbocycles. The fraction of sp³-hybridized carbons (Fsp3) is 0.176. The Morgan fingerprint density at radius 3 is 2.74 bits per heavy atom. The maximum absolute atomic E-state index is 7.66. The van der Waals surface area contributed by atoms with Gasteiger partial charge in [-0.2, -0.15) is 0 Å². The van der Waals surface area contributed by atoms with E-state index in [1.807, 2.05) is 0 Å². The highest BCUT2D eigenvalue weighted by Crippen LogP contribution is 2.23. The minimum atomic E-state index is -2.60. The first-order valence-corrected chi connectivity index (χ1v) is 5.69. The van der Waals surface area contributed by atoms with Gasteiger partial charge in [-0.1, -0.05) is 12.1 Å². The minimum Gasteiger partial charge on any atom is -0.256 e. The molecule has 0 amide bonds. The van der Waals surface area contributed by atoms with E-state index < -0.39 is 20.6 Å². The van der Waals surface area contributed by atoms with Crippen molar-refractivity contribution >= 4 is 10.9 Å². The smallest absolute Gasteiger partial charge is 0.0705 e. The van der Waals surface area contributed by atoms with E-state index in [9.17, 15) is 0 Å². The number of benzene rings is 1. The molecule has 2 heteroatoms. The van der Waals surface area contributed by atoms with Gasteiger partial charge in [0.15, 0.2) is 0 Å². The zero-order valence-electron chi connectivity index (χ0n) is 18.9. The van der Waals surface area contributed by atoms with Crippen LogP contribution in [0, 0.1) is 20.6 Å². The van der Waals surface area contributed by atoms with Crippen LogP contribution in [0.25, 0.3) is 22.2 Å². The molecule has 2 aromatic heterocycles. The molecule has 3 rings (SSSR count). The van der Waals surface area contributed by atoms with E-state index in [1.165, 1.54) is 12.1 Å². The second-order valence-electron chi connectivity index (χ2n) is 4.22. The minimum absolute atomic E-state index is 0.0161. The highest BCUT2D eigenvalue weighted by molar-refractivity contribution is 5.84. The van der Waals surface area contributed by atoms with Crippen molar-refractivity contribution in [3.8, 4) is 11.3 Å². The fourth-order valence-corrected chi connectivity index (χ4v) is 1.90. The van der Waals surface area contributed by atoms with E-state index in [-0.39, 0.29) is 16.8 Å². The van der Waals surface area contributed by atoms with Gasteiger partial charge in [-0.25, -0.2) is 0 Å². The monoisotopic (exact) mass is 257 g/mol. The molecule has 0 N–H and O–H groups in total. The van der Waals surface area contributed by atoms with Crippen molar-refractivity contribution in [2.45, 2.75) is 20.6 Å². The highest BCUT2D eigenvalue weighted by atomic mass is 14.7. The van der Waals surface area contributed by atoms with Crippen LogP contribution in [-0.2, 0) is 0 Å². The first-order valence-electron chi connectivity index (χ1n) is 10.2. The average Bonchev–Trinajstić information content (AvgIpc) is 2.58. The van der Waals surface area contributed by atoms with Crippen LogP contribution < -0.4 is 0 Å². The molecular weight excluding hydrogens is 232 g/mol. The first kappa shape index (κ1) is 5.41. The summed E-state index contributed by atoms with van der Waals surface area (Å²) in [6.07, 6.45) is 1.07. The number of pyridine rings is 2. The predicted molar refractivity (Wildman–Crippen MR) is 79.2 cm³/mol. The van der Waals surface area contributed by atoms with Crippen LogP contribution in [0.3, 0.4) is 0 Å². The van der Waals surface area contributed by atoms with Gasteiger partial charge in [-0.15, -0.1) is 0 Å². The van der Waals surface area contributed by atoms with Gasteiger partial charge in [0.05, 0.1) is 11.2 Å². The van der Waals surface area contributed by atoms with Crippen LogP contribution >= 0.6 is 0 Å². The second kappa shape index (κ2) is 4.47. The van der Waals surface area contributed by atoms with Crippen molar-refractivity contribution in [3.05, 3.63) is 59.4 Å². The molecule has 0 aliphatic heterocycles. The third-order valence-corrected chi connectivity index (χ3v) is 2.89. The van der Waals surface area contributed by atoms with E-state index in [0.29, 0.717) is 22.2 Å². The average molecular weight is 257 g/mol. The van der Waals surface area contributed by atoms with Crippen LogP contribution in [0.5, 0.6) is 0 Å². The normalized spacial score (nSPS) is 19.9. The maximum Gasteiger partial charge on any atom is 0.0705 e. The zero-order chi connectivity index (χ0) is 20.9. The van der Waals surface area contributed by atoms with Crippen molar-refractivity contribution in [2.75, 3.05) is 0 Å². The number of aromatic nitrogens is 2. The van der Waals surface area contributed by atoms with Gasteiger partial charge in [0.1, 0.15) is 0 Å². The lowest BCUT2D eigenvalue weighted by molar-refractivity contribution is 1.22.